The minimum absolute atomic E-state index is 0.0369. The smallest absolute Gasteiger partial charge is 0.257 e. The number of nitrogens with one attached hydrogen (secondary N) is 1. The summed E-state index contributed by atoms with van der Waals surface area (Å²) in [5, 5.41) is 2.69. The second kappa shape index (κ2) is 5.87. The van der Waals surface area contributed by atoms with Gasteiger partial charge in [0.1, 0.15) is 5.60 Å². The average Bonchev–Trinajstić information content (AvgIpc) is 2.71. The van der Waals surface area contributed by atoms with Crippen LogP contribution in [0.5, 0.6) is 11.5 Å². The summed E-state index contributed by atoms with van der Waals surface area (Å²) in [4.78, 5) is 11.6. The topological polar surface area (TPSA) is 47.6 Å². The number of para-hydroxylation sites is 1. The van der Waals surface area contributed by atoms with Crippen LogP contribution in [-0.4, -0.2) is 24.7 Å². The lowest BCUT2D eigenvalue weighted by Gasteiger charge is -2.18. The zero-order valence-electron chi connectivity index (χ0n) is 11.9. The summed E-state index contributed by atoms with van der Waals surface area (Å²) < 4.78 is 11.4. The molecule has 1 N–H and O–H groups in total. The summed E-state index contributed by atoms with van der Waals surface area (Å²) in [6, 6.07) is 5.74. The van der Waals surface area contributed by atoms with Crippen LogP contribution < -0.4 is 14.8 Å². The molecule has 0 bridgehead atoms. The Labute approximate surface area is 119 Å². The molecule has 1 heterocycles. The fourth-order valence-electron chi connectivity index (χ4n) is 2.17. The van der Waals surface area contributed by atoms with Gasteiger partial charge in [-0.05, 0) is 19.9 Å². The number of terminal acetylenes is 1. The maximum absolute atomic E-state index is 11.6. The predicted octanol–water partition coefficient (Wildman–Crippen LogP) is 1.92. The minimum atomic E-state index is -0.225. The number of carbonyl (C=O) groups is 1. The molecule has 106 valence electrons. The first-order valence-corrected chi connectivity index (χ1v) is 6.66. The predicted molar refractivity (Wildman–Crippen MR) is 76.8 cm³/mol. The van der Waals surface area contributed by atoms with Crippen molar-refractivity contribution in [3.05, 3.63) is 23.8 Å². The first-order valence-electron chi connectivity index (χ1n) is 6.66. The quantitative estimate of drug-likeness (QED) is 0.658. The molecule has 0 aliphatic carbocycles. The van der Waals surface area contributed by atoms with Gasteiger partial charge in [0.05, 0.1) is 0 Å². The zero-order chi connectivity index (χ0) is 14.6. The number of hydrogen-bond donors (Lipinski definition) is 1. The molecule has 20 heavy (non-hydrogen) atoms. The summed E-state index contributed by atoms with van der Waals surface area (Å²) in [5.74, 6) is 3.63. The second-order valence-electron chi connectivity index (χ2n) is 5.38. The molecule has 0 atom stereocenters. The third kappa shape index (κ3) is 3.45. The largest absolute Gasteiger partial charge is 0.483 e. The van der Waals surface area contributed by atoms with E-state index in [-0.39, 0.29) is 18.1 Å². The number of hydrogen-bond acceptors (Lipinski definition) is 3. The molecule has 0 saturated carbocycles. The third-order valence-electron chi connectivity index (χ3n) is 3.01. The van der Waals surface area contributed by atoms with Gasteiger partial charge in [-0.3, -0.25) is 4.79 Å². The number of benzene rings is 1. The van der Waals surface area contributed by atoms with E-state index in [9.17, 15) is 4.79 Å². The van der Waals surface area contributed by atoms with E-state index in [1.807, 2.05) is 32.0 Å². The van der Waals surface area contributed by atoms with E-state index >= 15 is 0 Å². The van der Waals surface area contributed by atoms with E-state index in [2.05, 4.69) is 11.2 Å². The molecule has 4 nitrogen and oxygen atoms in total. The van der Waals surface area contributed by atoms with Crippen molar-refractivity contribution in [2.75, 3.05) is 13.2 Å². The molecular weight excluding hydrogens is 254 g/mol. The van der Waals surface area contributed by atoms with E-state index in [0.29, 0.717) is 18.7 Å². The van der Waals surface area contributed by atoms with Gasteiger partial charge in [-0.15, -0.1) is 12.3 Å². The Bertz CT molecular complexity index is 543. The van der Waals surface area contributed by atoms with Crippen molar-refractivity contribution in [1.29, 1.82) is 0 Å². The molecule has 0 unspecified atom stereocenters. The van der Waals surface area contributed by atoms with Crippen molar-refractivity contribution in [1.82, 2.24) is 5.32 Å². The first kappa shape index (κ1) is 14.3. The van der Waals surface area contributed by atoms with Crippen LogP contribution in [0.25, 0.3) is 0 Å². The first-order chi connectivity index (χ1) is 9.52. The molecule has 0 radical (unpaired) electrons. The molecule has 0 spiro atoms. The van der Waals surface area contributed by atoms with Crippen LogP contribution in [0, 0.1) is 12.3 Å². The van der Waals surface area contributed by atoms with E-state index in [1.54, 1.807) is 0 Å². The van der Waals surface area contributed by atoms with Gasteiger partial charge in [0, 0.05) is 24.9 Å². The normalized spacial score (nSPS) is 14.8. The number of carbonyl (C=O) groups excluding carboxylic acids is 1. The highest BCUT2D eigenvalue weighted by molar-refractivity contribution is 5.77. The van der Waals surface area contributed by atoms with Crippen molar-refractivity contribution in [2.45, 2.75) is 32.3 Å². The molecule has 1 aliphatic heterocycles. The Morgan fingerprint density at radius 1 is 1.55 bits per heavy atom. The van der Waals surface area contributed by atoms with Crippen LogP contribution in [0.2, 0.25) is 0 Å². The summed E-state index contributed by atoms with van der Waals surface area (Å²) in [5.41, 5.74) is 0.886. The maximum atomic E-state index is 11.6. The summed E-state index contributed by atoms with van der Waals surface area (Å²) in [6.45, 7) is 4.49. The Balaban J connectivity index is 1.94. The Morgan fingerprint density at radius 3 is 3.10 bits per heavy atom. The Kier molecular flexibility index (Phi) is 4.19. The van der Waals surface area contributed by atoms with Crippen molar-refractivity contribution < 1.29 is 14.3 Å². The van der Waals surface area contributed by atoms with Crippen LogP contribution in [0.3, 0.4) is 0 Å². The lowest BCUT2D eigenvalue weighted by Crippen LogP contribution is -2.29. The van der Waals surface area contributed by atoms with Crippen molar-refractivity contribution in [2.24, 2.45) is 0 Å². The highest BCUT2D eigenvalue weighted by Gasteiger charge is 2.32. The van der Waals surface area contributed by atoms with Gasteiger partial charge in [0.15, 0.2) is 18.1 Å². The van der Waals surface area contributed by atoms with Gasteiger partial charge in [-0.25, -0.2) is 0 Å². The molecule has 1 aliphatic rings. The molecular formula is C16H19NO3. The highest BCUT2D eigenvalue weighted by Crippen LogP contribution is 2.41. The number of amides is 1. The SMILES string of the molecule is C#CCCNC(=O)COc1cccc2c1OC(C)(C)C2. The van der Waals surface area contributed by atoms with Crippen LogP contribution in [0.4, 0.5) is 0 Å². The van der Waals surface area contributed by atoms with E-state index < -0.39 is 0 Å². The molecule has 1 aromatic carbocycles. The highest BCUT2D eigenvalue weighted by atomic mass is 16.5. The molecule has 0 fully saturated rings. The maximum Gasteiger partial charge on any atom is 0.257 e. The number of ether oxygens (including phenoxy) is 2. The average molecular weight is 273 g/mol. The minimum Gasteiger partial charge on any atom is -0.483 e. The molecule has 4 heteroatoms. The van der Waals surface area contributed by atoms with Gasteiger partial charge in [-0.2, -0.15) is 0 Å². The fraction of sp³-hybridized carbons (Fsp3) is 0.438. The van der Waals surface area contributed by atoms with Gasteiger partial charge < -0.3 is 14.8 Å². The van der Waals surface area contributed by atoms with E-state index in [4.69, 9.17) is 15.9 Å². The summed E-state index contributed by atoms with van der Waals surface area (Å²) in [7, 11) is 0. The van der Waals surface area contributed by atoms with Gasteiger partial charge in [0.2, 0.25) is 0 Å². The number of fused-ring (bicyclic) bond motifs is 1. The van der Waals surface area contributed by atoms with Crippen LogP contribution in [-0.2, 0) is 11.2 Å². The van der Waals surface area contributed by atoms with Crippen LogP contribution >= 0.6 is 0 Å². The van der Waals surface area contributed by atoms with Gasteiger partial charge in [-0.1, -0.05) is 12.1 Å². The van der Waals surface area contributed by atoms with Crippen LogP contribution in [0.15, 0.2) is 18.2 Å². The molecule has 0 saturated heterocycles. The number of rotatable bonds is 5. The molecule has 2 rings (SSSR count). The zero-order valence-corrected chi connectivity index (χ0v) is 11.9. The third-order valence-corrected chi connectivity index (χ3v) is 3.01. The summed E-state index contributed by atoms with van der Waals surface area (Å²) >= 11 is 0. The molecule has 0 aromatic heterocycles. The standard InChI is InChI=1S/C16H19NO3/c1-4-5-9-17-14(18)11-19-13-8-6-7-12-10-16(2,3)20-15(12)13/h1,6-8H,5,9-11H2,2-3H3,(H,17,18). The fourth-order valence-corrected chi connectivity index (χ4v) is 2.17. The van der Waals surface area contributed by atoms with Gasteiger partial charge >= 0.3 is 0 Å². The summed E-state index contributed by atoms with van der Waals surface area (Å²) in [6.07, 6.45) is 6.48. The van der Waals surface area contributed by atoms with Crippen molar-refractivity contribution in [3.8, 4) is 23.8 Å². The molecule has 1 amide bonds. The Hall–Kier alpha value is -2.15. The van der Waals surface area contributed by atoms with E-state index in [0.717, 1.165) is 17.7 Å². The van der Waals surface area contributed by atoms with Crippen molar-refractivity contribution >= 4 is 5.91 Å². The van der Waals surface area contributed by atoms with Gasteiger partial charge in [0.25, 0.3) is 5.91 Å². The lowest BCUT2D eigenvalue weighted by atomic mass is 10.0. The lowest BCUT2D eigenvalue weighted by molar-refractivity contribution is -0.123. The monoisotopic (exact) mass is 273 g/mol. The molecule has 1 aromatic rings. The van der Waals surface area contributed by atoms with E-state index in [1.165, 1.54) is 0 Å². The van der Waals surface area contributed by atoms with Crippen molar-refractivity contribution in [3.63, 3.8) is 0 Å². The second-order valence-corrected chi connectivity index (χ2v) is 5.38. The Morgan fingerprint density at radius 2 is 2.35 bits per heavy atom. The van der Waals surface area contributed by atoms with Crippen LogP contribution in [0.1, 0.15) is 25.8 Å².